The molecule has 2 aliphatic heterocycles. The average molecular weight is 1280 g/mol. The van der Waals surface area contributed by atoms with E-state index in [1.165, 1.54) is 55.6 Å². The fraction of sp³-hybridized carbons (Fsp3) is 0.161. The van der Waals surface area contributed by atoms with Crippen molar-refractivity contribution in [3.05, 3.63) is 316 Å². The van der Waals surface area contributed by atoms with Crippen molar-refractivity contribution in [2.75, 3.05) is 14.7 Å². The lowest BCUT2D eigenvalue weighted by Crippen LogP contribution is -2.37. The summed E-state index contributed by atoms with van der Waals surface area (Å²) in [6.07, 6.45) is 0. The van der Waals surface area contributed by atoms with Crippen molar-refractivity contribution in [2.45, 2.75) is 96.3 Å². The Kier molecular flexibility index (Phi) is 11.6. The summed E-state index contributed by atoms with van der Waals surface area (Å²) >= 11 is 0. The predicted octanol–water partition coefficient (Wildman–Crippen LogP) is 25.9. The van der Waals surface area contributed by atoms with Gasteiger partial charge in [0.1, 0.15) is 22.3 Å². The maximum absolute atomic E-state index is 7.81. The summed E-state index contributed by atoms with van der Waals surface area (Å²) in [6, 6.07) is 97.8. The molecule has 1 spiro atoms. The first-order chi connectivity index (χ1) is 47.9. The van der Waals surface area contributed by atoms with Gasteiger partial charge in [-0.2, -0.15) is 0 Å². The number of nitrogens with zero attached hydrogens (tertiary/aromatic N) is 3. The summed E-state index contributed by atoms with van der Waals surface area (Å²) in [7, 11) is 0. The maximum atomic E-state index is 7.81. The lowest BCUT2D eigenvalue weighted by atomic mass is 9.64. The van der Waals surface area contributed by atoms with E-state index in [-0.39, 0.29) is 21.7 Å². The second-order valence-corrected chi connectivity index (χ2v) is 31.1. The highest BCUT2D eigenvalue weighted by Crippen LogP contribution is 2.71. The van der Waals surface area contributed by atoms with Crippen molar-refractivity contribution >= 4 is 95.1 Å². The van der Waals surface area contributed by atoms with Crippen LogP contribution in [0, 0.1) is 0 Å². The van der Waals surface area contributed by atoms with Crippen molar-refractivity contribution < 1.29 is 13.6 Å². The number of hydrogen-bond acceptors (Lipinski definition) is 6. The summed E-state index contributed by atoms with van der Waals surface area (Å²) in [4.78, 5) is 7.52. The Morgan fingerprint density at radius 3 is 1.24 bits per heavy atom. The van der Waals surface area contributed by atoms with Gasteiger partial charge in [0.15, 0.2) is 11.5 Å². The van der Waals surface area contributed by atoms with Crippen LogP contribution in [0.3, 0.4) is 0 Å². The SMILES string of the molecule is CC(C)(C)c1ccc(N(c2ccc3c(c2)-c2ccccc2C3(C)C)c2cc3c(c4oc5ccccc5c24)-c2c(cc(N(c4ccc(C(C)(C)C)cc4)c4ccc5c(c4)-c4ccccc4C5(C)C)c4c2oc2ccccc24)C32c3ccccc3N3c4ccccc4Oc4cccc2c43)cc1. The number of benzene rings is 13. The molecule has 20 rings (SSSR count). The quantitative estimate of drug-likeness (QED) is 0.165. The van der Waals surface area contributed by atoms with Crippen LogP contribution in [0.15, 0.2) is 270 Å². The molecule has 478 valence electrons. The van der Waals surface area contributed by atoms with Crippen LogP contribution < -0.4 is 19.4 Å². The molecule has 0 saturated carbocycles. The standard InChI is InChI=1S/C93H73N3O3/c1-89(2,3)54-38-42-56(43-39-54)94(58-46-48-68-64(50-58)60-24-11-15-28-66(60)91(68,7)8)76-52-72-84(87-82(76)62-26-13-20-34-78(62)98-87)85-73(93(72)70-30-17-18-32-74(70)96-75-33-19-22-36-80(75)97-81-37-23-31-71(93)86(81)96)53-77(83-63-27-14-21-35-79(63)99-88(83)85)95(57-44-40-55(41-45-57)90(4,5)6)59-47-49-69-65(51-59)61-25-12-16-29-67(61)92(69,9)10/h11-53H,1-10H3. The van der Waals surface area contributed by atoms with Gasteiger partial charge in [-0.25, -0.2) is 0 Å². The van der Waals surface area contributed by atoms with Gasteiger partial charge in [0.2, 0.25) is 0 Å². The van der Waals surface area contributed by atoms with Gasteiger partial charge in [0.25, 0.3) is 0 Å². The van der Waals surface area contributed by atoms with Crippen molar-refractivity contribution in [3.63, 3.8) is 0 Å². The topological polar surface area (TPSA) is 45.2 Å². The van der Waals surface area contributed by atoms with Crippen LogP contribution in [0.1, 0.15) is 125 Å². The minimum atomic E-state index is -1.08. The van der Waals surface area contributed by atoms with Crippen LogP contribution in [-0.2, 0) is 27.1 Å². The lowest BCUT2D eigenvalue weighted by molar-refractivity contribution is 0.473. The van der Waals surface area contributed by atoms with Crippen LogP contribution in [0.5, 0.6) is 11.5 Å². The van der Waals surface area contributed by atoms with E-state index in [1.54, 1.807) is 0 Å². The number of fused-ring (bicyclic) bond motifs is 25. The van der Waals surface area contributed by atoms with E-state index >= 15 is 0 Å². The molecular weight excluding hydrogens is 1210 g/mol. The van der Waals surface area contributed by atoms with E-state index in [0.29, 0.717) is 0 Å². The van der Waals surface area contributed by atoms with E-state index in [0.717, 1.165) is 140 Å². The molecule has 0 amide bonds. The molecule has 0 saturated heterocycles. The molecule has 0 unspecified atom stereocenters. The smallest absolute Gasteiger partial charge is 0.151 e. The highest BCUT2D eigenvalue weighted by Gasteiger charge is 2.56. The molecule has 5 aliphatic rings. The largest absolute Gasteiger partial charge is 0.455 e. The Labute approximate surface area is 577 Å². The molecule has 2 aromatic heterocycles. The first-order valence-corrected chi connectivity index (χ1v) is 35.0. The molecule has 6 heteroatoms. The second kappa shape index (κ2) is 19.9. The Hall–Kier alpha value is -11.3. The Bertz CT molecular complexity index is 5710. The van der Waals surface area contributed by atoms with Gasteiger partial charge in [-0.3, -0.25) is 0 Å². The van der Waals surface area contributed by atoms with Gasteiger partial charge >= 0.3 is 0 Å². The highest BCUT2D eigenvalue weighted by atomic mass is 16.5. The summed E-state index contributed by atoms with van der Waals surface area (Å²) in [5.74, 6) is 1.59. The molecule has 99 heavy (non-hydrogen) atoms. The van der Waals surface area contributed by atoms with E-state index in [2.05, 4.69) is 345 Å². The van der Waals surface area contributed by atoms with Crippen molar-refractivity contribution in [1.82, 2.24) is 0 Å². The zero-order chi connectivity index (χ0) is 67.0. The Morgan fingerprint density at radius 1 is 0.333 bits per heavy atom. The molecule has 0 N–H and O–H groups in total. The normalized spacial score (nSPS) is 15.1. The monoisotopic (exact) mass is 1280 g/mol. The van der Waals surface area contributed by atoms with Gasteiger partial charge < -0.3 is 28.3 Å². The Balaban J connectivity index is 0.963. The van der Waals surface area contributed by atoms with Gasteiger partial charge in [-0.05, 0) is 186 Å². The molecule has 15 aromatic rings. The molecule has 0 fully saturated rings. The number of furan rings is 2. The number of anilines is 9. The van der Waals surface area contributed by atoms with E-state index < -0.39 is 5.41 Å². The van der Waals surface area contributed by atoms with Crippen molar-refractivity contribution in [1.29, 1.82) is 0 Å². The summed E-state index contributed by atoms with van der Waals surface area (Å²) in [5, 5.41) is 4.08. The molecule has 13 aromatic carbocycles. The first kappa shape index (κ1) is 57.9. The second-order valence-electron chi connectivity index (χ2n) is 31.1. The van der Waals surface area contributed by atoms with E-state index in [9.17, 15) is 0 Å². The number of ether oxygens (including phenoxy) is 1. The molecule has 6 nitrogen and oxygen atoms in total. The van der Waals surface area contributed by atoms with Crippen LogP contribution in [-0.4, -0.2) is 0 Å². The summed E-state index contributed by atoms with van der Waals surface area (Å²) < 4.78 is 22.8. The van der Waals surface area contributed by atoms with Crippen molar-refractivity contribution in [3.8, 4) is 44.9 Å². The highest BCUT2D eigenvalue weighted by molar-refractivity contribution is 6.25. The van der Waals surface area contributed by atoms with Gasteiger partial charge in [0, 0.05) is 55.5 Å². The molecule has 3 aliphatic carbocycles. The lowest BCUT2D eigenvalue weighted by Gasteiger charge is -2.47. The first-order valence-electron chi connectivity index (χ1n) is 35.0. The van der Waals surface area contributed by atoms with Crippen LogP contribution in [0.2, 0.25) is 0 Å². The Morgan fingerprint density at radius 2 is 0.737 bits per heavy atom. The minimum absolute atomic E-state index is 0.0809. The van der Waals surface area contributed by atoms with Crippen LogP contribution >= 0.6 is 0 Å². The fourth-order valence-corrected chi connectivity index (χ4v) is 18.2. The van der Waals surface area contributed by atoms with Gasteiger partial charge in [0.05, 0.1) is 44.6 Å². The summed E-state index contributed by atoms with van der Waals surface area (Å²) in [6.45, 7) is 23.2. The molecule has 4 heterocycles. The molecule has 0 bridgehead atoms. The van der Waals surface area contributed by atoms with Crippen LogP contribution in [0.25, 0.3) is 77.3 Å². The molecule has 0 atom stereocenters. The average Bonchev–Trinajstić information content (AvgIpc) is 1.47. The zero-order valence-corrected chi connectivity index (χ0v) is 57.4. The van der Waals surface area contributed by atoms with Gasteiger partial charge in [-0.15, -0.1) is 0 Å². The predicted molar refractivity (Wildman–Crippen MR) is 409 cm³/mol. The fourth-order valence-electron chi connectivity index (χ4n) is 18.2. The summed E-state index contributed by atoms with van der Waals surface area (Å²) in [5.41, 5.74) is 30.0. The van der Waals surface area contributed by atoms with Crippen molar-refractivity contribution in [2.24, 2.45) is 0 Å². The third-order valence-electron chi connectivity index (χ3n) is 22.9. The number of hydrogen-bond donors (Lipinski definition) is 0. The van der Waals surface area contributed by atoms with Gasteiger partial charge in [-0.1, -0.05) is 233 Å². The number of rotatable bonds is 6. The van der Waals surface area contributed by atoms with Crippen LogP contribution in [0.4, 0.5) is 51.2 Å². The number of para-hydroxylation sites is 6. The third kappa shape index (κ3) is 7.77. The van der Waals surface area contributed by atoms with E-state index in [1.807, 2.05) is 0 Å². The van der Waals surface area contributed by atoms with E-state index in [4.69, 9.17) is 13.6 Å². The molecule has 0 radical (unpaired) electrons. The molecular formula is C93H73N3O3. The zero-order valence-electron chi connectivity index (χ0n) is 57.4. The maximum Gasteiger partial charge on any atom is 0.151 e. The minimum Gasteiger partial charge on any atom is -0.455 e. The third-order valence-corrected chi connectivity index (χ3v) is 22.9.